The minimum Gasteiger partial charge on any atom is -0.507 e. The third-order valence-corrected chi connectivity index (χ3v) is 2.85. The first-order valence-corrected chi connectivity index (χ1v) is 5.30. The lowest BCUT2D eigenvalue weighted by Gasteiger charge is -2.02. The number of hydrogen-bond acceptors (Lipinski definition) is 3. The van der Waals surface area contributed by atoms with Crippen LogP contribution in [0.1, 0.15) is 11.3 Å². The van der Waals surface area contributed by atoms with Crippen molar-refractivity contribution in [1.82, 2.24) is 5.16 Å². The summed E-state index contributed by atoms with van der Waals surface area (Å²) in [6, 6.07) is 5.20. The SMILES string of the molecule is Cc1noc(-c2cc(Br)ccc2O)c1C. The number of phenolic OH excluding ortho intramolecular Hbond substituents is 1. The van der Waals surface area contributed by atoms with E-state index in [1.54, 1.807) is 12.1 Å². The van der Waals surface area contributed by atoms with Crippen molar-refractivity contribution < 1.29 is 9.63 Å². The van der Waals surface area contributed by atoms with E-state index >= 15 is 0 Å². The van der Waals surface area contributed by atoms with Crippen LogP contribution in [0.2, 0.25) is 0 Å². The predicted molar refractivity (Wildman–Crippen MR) is 60.8 cm³/mol. The molecule has 1 aromatic carbocycles. The highest BCUT2D eigenvalue weighted by molar-refractivity contribution is 9.10. The Morgan fingerprint density at radius 1 is 1.33 bits per heavy atom. The lowest BCUT2D eigenvalue weighted by atomic mass is 10.1. The molecule has 15 heavy (non-hydrogen) atoms. The molecule has 78 valence electrons. The first kappa shape index (κ1) is 10.2. The summed E-state index contributed by atoms with van der Waals surface area (Å²) < 4.78 is 6.08. The highest BCUT2D eigenvalue weighted by atomic mass is 79.9. The molecule has 0 saturated carbocycles. The number of nitrogens with zero attached hydrogens (tertiary/aromatic N) is 1. The van der Waals surface area contributed by atoms with Crippen molar-refractivity contribution in [2.24, 2.45) is 0 Å². The summed E-state index contributed by atoms with van der Waals surface area (Å²) in [6.45, 7) is 3.79. The molecule has 4 heteroatoms. The molecule has 0 radical (unpaired) electrons. The average Bonchev–Trinajstić information content (AvgIpc) is 2.52. The first-order valence-electron chi connectivity index (χ1n) is 4.51. The minimum atomic E-state index is 0.192. The summed E-state index contributed by atoms with van der Waals surface area (Å²) in [4.78, 5) is 0. The van der Waals surface area contributed by atoms with Crippen molar-refractivity contribution >= 4 is 15.9 Å². The molecule has 2 aromatic rings. The molecule has 0 spiro atoms. The molecule has 0 amide bonds. The smallest absolute Gasteiger partial charge is 0.173 e. The zero-order chi connectivity index (χ0) is 11.0. The summed E-state index contributed by atoms with van der Waals surface area (Å²) in [5.74, 6) is 0.809. The third kappa shape index (κ3) is 1.77. The number of benzene rings is 1. The lowest BCUT2D eigenvalue weighted by Crippen LogP contribution is -1.80. The maximum atomic E-state index is 9.71. The van der Waals surface area contributed by atoms with Crippen LogP contribution in [0.5, 0.6) is 5.75 Å². The maximum absolute atomic E-state index is 9.71. The molecular formula is C11H10BrNO2. The van der Waals surface area contributed by atoms with Crippen molar-refractivity contribution in [1.29, 1.82) is 0 Å². The standard InChI is InChI=1S/C11H10BrNO2/c1-6-7(2)13-15-11(6)9-5-8(12)3-4-10(9)14/h3-5,14H,1-2H3. The molecule has 0 bridgehead atoms. The van der Waals surface area contributed by atoms with Crippen LogP contribution in [0.3, 0.4) is 0 Å². The van der Waals surface area contributed by atoms with E-state index in [0.717, 1.165) is 15.7 Å². The summed E-state index contributed by atoms with van der Waals surface area (Å²) in [5.41, 5.74) is 2.44. The molecule has 0 saturated heterocycles. The van der Waals surface area contributed by atoms with Gasteiger partial charge in [0.1, 0.15) is 5.75 Å². The Labute approximate surface area is 95.8 Å². The van der Waals surface area contributed by atoms with Crippen LogP contribution in [0.15, 0.2) is 27.2 Å². The van der Waals surface area contributed by atoms with E-state index in [1.165, 1.54) is 0 Å². The van der Waals surface area contributed by atoms with E-state index in [-0.39, 0.29) is 5.75 Å². The molecule has 0 unspecified atom stereocenters. The van der Waals surface area contributed by atoms with Gasteiger partial charge in [-0.15, -0.1) is 0 Å². The lowest BCUT2D eigenvalue weighted by molar-refractivity contribution is 0.421. The summed E-state index contributed by atoms with van der Waals surface area (Å²) in [6.07, 6.45) is 0. The fourth-order valence-electron chi connectivity index (χ4n) is 1.36. The summed E-state index contributed by atoms with van der Waals surface area (Å²) in [5, 5.41) is 13.6. The molecule has 1 aromatic heterocycles. The number of phenols is 1. The van der Waals surface area contributed by atoms with Crippen molar-refractivity contribution in [3.05, 3.63) is 33.9 Å². The number of halogens is 1. The van der Waals surface area contributed by atoms with E-state index < -0.39 is 0 Å². The molecule has 1 heterocycles. The second-order valence-corrected chi connectivity index (χ2v) is 4.30. The van der Waals surface area contributed by atoms with Gasteiger partial charge in [-0.05, 0) is 32.0 Å². The molecule has 1 N–H and O–H groups in total. The Bertz CT molecular complexity index is 505. The Hall–Kier alpha value is -1.29. The van der Waals surface area contributed by atoms with Gasteiger partial charge in [0.25, 0.3) is 0 Å². The monoisotopic (exact) mass is 267 g/mol. The number of aromatic hydroxyl groups is 1. The van der Waals surface area contributed by atoms with E-state index in [2.05, 4.69) is 21.1 Å². The third-order valence-electron chi connectivity index (χ3n) is 2.36. The highest BCUT2D eigenvalue weighted by Gasteiger charge is 2.14. The molecule has 0 aliphatic carbocycles. The van der Waals surface area contributed by atoms with E-state index in [1.807, 2.05) is 19.9 Å². The molecular weight excluding hydrogens is 258 g/mol. The number of rotatable bonds is 1. The van der Waals surface area contributed by atoms with Gasteiger partial charge in [-0.1, -0.05) is 21.1 Å². The topological polar surface area (TPSA) is 46.3 Å². The van der Waals surface area contributed by atoms with Gasteiger partial charge >= 0.3 is 0 Å². The molecule has 0 fully saturated rings. The van der Waals surface area contributed by atoms with E-state index in [0.29, 0.717) is 11.3 Å². The average molecular weight is 268 g/mol. The minimum absolute atomic E-state index is 0.192. The zero-order valence-corrected chi connectivity index (χ0v) is 10.00. The van der Waals surface area contributed by atoms with Gasteiger partial charge in [0.2, 0.25) is 0 Å². The van der Waals surface area contributed by atoms with Crippen LogP contribution < -0.4 is 0 Å². The van der Waals surface area contributed by atoms with Crippen LogP contribution in [-0.4, -0.2) is 10.3 Å². The van der Waals surface area contributed by atoms with Crippen LogP contribution in [0.4, 0.5) is 0 Å². The molecule has 0 aliphatic heterocycles. The van der Waals surface area contributed by atoms with Gasteiger partial charge in [-0.2, -0.15) is 0 Å². The largest absolute Gasteiger partial charge is 0.507 e. The fraction of sp³-hybridized carbons (Fsp3) is 0.182. The second kappa shape index (κ2) is 3.70. The van der Waals surface area contributed by atoms with Crippen LogP contribution in [-0.2, 0) is 0 Å². The normalized spacial score (nSPS) is 10.6. The summed E-state index contributed by atoms with van der Waals surface area (Å²) >= 11 is 3.35. The Morgan fingerprint density at radius 3 is 2.67 bits per heavy atom. The van der Waals surface area contributed by atoms with Gasteiger partial charge in [0, 0.05) is 10.0 Å². The molecule has 2 rings (SSSR count). The van der Waals surface area contributed by atoms with Crippen LogP contribution in [0, 0.1) is 13.8 Å². The maximum Gasteiger partial charge on any atom is 0.173 e. The number of hydrogen-bond donors (Lipinski definition) is 1. The number of aromatic nitrogens is 1. The fourth-order valence-corrected chi connectivity index (χ4v) is 1.72. The molecule has 0 atom stereocenters. The Kier molecular flexibility index (Phi) is 2.52. The van der Waals surface area contributed by atoms with Gasteiger partial charge in [0.05, 0.1) is 11.3 Å². The van der Waals surface area contributed by atoms with Gasteiger partial charge < -0.3 is 9.63 Å². The van der Waals surface area contributed by atoms with Crippen LogP contribution in [0.25, 0.3) is 11.3 Å². The predicted octanol–water partition coefficient (Wildman–Crippen LogP) is 3.43. The van der Waals surface area contributed by atoms with Crippen LogP contribution >= 0.6 is 15.9 Å². The Morgan fingerprint density at radius 2 is 2.07 bits per heavy atom. The quantitative estimate of drug-likeness (QED) is 0.861. The van der Waals surface area contributed by atoms with E-state index in [9.17, 15) is 5.11 Å². The van der Waals surface area contributed by atoms with Crippen molar-refractivity contribution in [2.45, 2.75) is 13.8 Å². The van der Waals surface area contributed by atoms with Crippen molar-refractivity contribution in [3.63, 3.8) is 0 Å². The zero-order valence-electron chi connectivity index (χ0n) is 8.41. The Balaban J connectivity index is 2.63. The highest BCUT2D eigenvalue weighted by Crippen LogP contribution is 2.34. The van der Waals surface area contributed by atoms with Gasteiger partial charge in [-0.3, -0.25) is 0 Å². The van der Waals surface area contributed by atoms with Gasteiger partial charge in [0.15, 0.2) is 5.76 Å². The second-order valence-electron chi connectivity index (χ2n) is 3.38. The van der Waals surface area contributed by atoms with Gasteiger partial charge in [-0.25, -0.2) is 0 Å². The van der Waals surface area contributed by atoms with Crippen molar-refractivity contribution in [3.8, 4) is 17.1 Å². The molecule has 0 aliphatic rings. The molecule has 3 nitrogen and oxygen atoms in total. The van der Waals surface area contributed by atoms with E-state index in [4.69, 9.17) is 4.52 Å². The number of aryl methyl sites for hydroxylation is 1. The first-order chi connectivity index (χ1) is 7.09. The van der Waals surface area contributed by atoms with Crippen molar-refractivity contribution in [2.75, 3.05) is 0 Å². The summed E-state index contributed by atoms with van der Waals surface area (Å²) in [7, 11) is 0.